The first-order chi connectivity index (χ1) is 15.8. The Bertz CT molecular complexity index is 1340. The van der Waals surface area contributed by atoms with Gasteiger partial charge in [0.15, 0.2) is 0 Å². The Morgan fingerprint density at radius 3 is 2.44 bits per heavy atom. The first-order valence-corrected chi connectivity index (χ1v) is 10.7. The van der Waals surface area contributed by atoms with Crippen LogP contribution < -0.4 is 5.32 Å². The molecule has 0 bridgehead atoms. The Labute approximate surface area is 185 Å². The molecule has 1 amide bonds. The second kappa shape index (κ2) is 8.89. The van der Waals surface area contributed by atoms with Crippen molar-refractivity contribution in [1.29, 1.82) is 0 Å². The van der Waals surface area contributed by atoms with Gasteiger partial charge >= 0.3 is 0 Å². The minimum Gasteiger partial charge on any atom is -0.361 e. The zero-order valence-electron chi connectivity index (χ0n) is 17.5. The van der Waals surface area contributed by atoms with Crippen molar-refractivity contribution in [2.45, 2.75) is 12.8 Å². The van der Waals surface area contributed by atoms with E-state index in [1.165, 1.54) is 10.9 Å². The van der Waals surface area contributed by atoms with Crippen LogP contribution in [0.1, 0.15) is 27.6 Å². The molecule has 2 heterocycles. The maximum absolute atomic E-state index is 12.8. The summed E-state index contributed by atoms with van der Waals surface area (Å²) in [6.45, 7) is 0.509. The van der Waals surface area contributed by atoms with Crippen LogP contribution in [0.15, 0.2) is 91.1 Å². The second-order valence-electron chi connectivity index (χ2n) is 7.63. The van der Waals surface area contributed by atoms with Crippen LogP contribution in [0, 0.1) is 0 Å². The van der Waals surface area contributed by atoms with Crippen LogP contribution in [0.25, 0.3) is 16.6 Å². The summed E-state index contributed by atoms with van der Waals surface area (Å²) >= 11 is 0. The number of carbonyl (C=O) groups excluding carboxylic acids is 1. The molecular formula is C26H23N5O. The molecule has 3 aromatic carbocycles. The molecule has 6 heteroatoms. The number of para-hydroxylation sites is 2. The van der Waals surface area contributed by atoms with Crippen LogP contribution in [0.5, 0.6) is 0 Å². The monoisotopic (exact) mass is 421 g/mol. The Hall–Kier alpha value is -4.19. The number of fused-ring (bicyclic) bond motifs is 1. The average molecular weight is 422 g/mol. The van der Waals surface area contributed by atoms with Crippen LogP contribution in [-0.2, 0) is 12.8 Å². The third kappa shape index (κ3) is 4.16. The minimum absolute atomic E-state index is 0.179. The molecule has 2 aromatic heterocycles. The standard InChI is InChI=1S/C26H23N5O/c32-26(27-16-15-20-18-28-23-14-8-7-13-22(20)23)25-29-24(17-19-9-3-1-4-10-19)31(30-25)21-11-5-2-6-12-21/h1-14,18,28H,15-17H2,(H,27,32). The second-order valence-corrected chi connectivity index (χ2v) is 7.63. The molecule has 0 aliphatic rings. The zero-order valence-corrected chi connectivity index (χ0v) is 17.5. The number of nitrogens with zero attached hydrogens (tertiary/aromatic N) is 3. The first-order valence-electron chi connectivity index (χ1n) is 10.7. The Balaban J connectivity index is 1.33. The summed E-state index contributed by atoms with van der Waals surface area (Å²) in [6, 6.07) is 28.0. The summed E-state index contributed by atoms with van der Waals surface area (Å²) in [5.41, 5.74) is 4.27. The average Bonchev–Trinajstić information content (AvgIpc) is 3.45. The molecule has 0 aliphatic carbocycles. The summed E-state index contributed by atoms with van der Waals surface area (Å²) in [5.74, 6) is 0.636. The van der Waals surface area contributed by atoms with Crippen molar-refractivity contribution in [3.05, 3.63) is 114 Å². The van der Waals surface area contributed by atoms with Gasteiger partial charge in [-0.2, -0.15) is 0 Å². The van der Waals surface area contributed by atoms with E-state index in [1.54, 1.807) is 4.68 Å². The van der Waals surface area contributed by atoms with E-state index in [9.17, 15) is 4.79 Å². The summed E-state index contributed by atoms with van der Waals surface area (Å²) < 4.78 is 1.75. The van der Waals surface area contributed by atoms with E-state index >= 15 is 0 Å². The summed E-state index contributed by atoms with van der Waals surface area (Å²) in [4.78, 5) is 20.7. The van der Waals surface area contributed by atoms with E-state index in [0.717, 1.165) is 29.0 Å². The Morgan fingerprint density at radius 1 is 0.906 bits per heavy atom. The van der Waals surface area contributed by atoms with Crippen LogP contribution in [0.3, 0.4) is 0 Å². The number of benzene rings is 3. The van der Waals surface area contributed by atoms with Crippen molar-refractivity contribution >= 4 is 16.8 Å². The van der Waals surface area contributed by atoms with Crippen molar-refractivity contribution in [3.63, 3.8) is 0 Å². The molecule has 5 aromatic rings. The highest BCUT2D eigenvalue weighted by Crippen LogP contribution is 2.18. The number of carbonyl (C=O) groups is 1. The van der Waals surface area contributed by atoms with Crippen LogP contribution in [0.2, 0.25) is 0 Å². The minimum atomic E-state index is -0.270. The SMILES string of the molecule is O=C(NCCc1c[nH]c2ccccc12)c1nc(Cc2ccccc2)n(-c2ccccc2)n1. The third-order valence-electron chi connectivity index (χ3n) is 5.44. The van der Waals surface area contributed by atoms with Gasteiger partial charge in [0, 0.05) is 30.1 Å². The lowest BCUT2D eigenvalue weighted by molar-refractivity contribution is 0.0944. The van der Waals surface area contributed by atoms with E-state index in [4.69, 9.17) is 0 Å². The molecule has 0 fully saturated rings. The predicted molar refractivity (Wildman–Crippen MR) is 125 cm³/mol. The normalized spacial score (nSPS) is 11.0. The third-order valence-corrected chi connectivity index (χ3v) is 5.44. The van der Waals surface area contributed by atoms with Gasteiger partial charge in [0.1, 0.15) is 5.82 Å². The molecule has 0 atom stereocenters. The molecule has 0 spiro atoms. The first kappa shape index (κ1) is 19.8. The molecule has 6 nitrogen and oxygen atoms in total. The van der Waals surface area contributed by atoms with Crippen molar-refractivity contribution in [2.75, 3.05) is 6.54 Å². The molecule has 32 heavy (non-hydrogen) atoms. The van der Waals surface area contributed by atoms with Gasteiger partial charge in [-0.05, 0) is 35.7 Å². The lowest BCUT2D eigenvalue weighted by atomic mass is 10.1. The smallest absolute Gasteiger partial charge is 0.290 e. The van der Waals surface area contributed by atoms with Crippen molar-refractivity contribution in [3.8, 4) is 5.69 Å². The number of rotatable bonds is 7. The number of aromatic amines is 1. The molecule has 158 valence electrons. The van der Waals surface area contributed by atoms with Gasteiger partial charge in [-0.25, -0.2) is 9.67 Å². The fraction of sp³-hybridized carbons (Fsp3) is 0.115. The van der Waals surface area contributed by atoms with Gasteiger partial charge in [0.2, 0.25) is 5.82 Å². The maximum atomic E-state index is 12.8. The number of hydrogen-bond acceptors (Lipinski definition) is 3. The van der Waals surface area contributed by atoms with Gasteiger partial charge in [-0.3, -0.25) is 4.79 Å². The Kier molecular flexibility index (Phi) is 5.49. The number of H-pyrrole nitrogens is 1. The maximum Gasteiger partial charge on any atom is 0.290 e. The van der Waals surface area contributed by atoms with Crippen LogP contribution in [0.4, 0.5) is 0 Å². The topological polar surface area (TPSA) is 75.6 Å². The van der Waals surface area contributed by atoms with Gasteiger partial charge in [0.25, 0.3) is 5.91 Å². The largest absolute Gasteiger partial charge is 0.361 e. The molecule has 0 unspecified atom stereocenters. The Morgan fingerprint density at radius 2 is 1.62 bits per heavy atom. The van der Waals surface area contributed by atoms with E-state index in [1.807, 2.05) is 85.1 Å². The highest BCUT2D eigenvalue weighted by molar-refractivity contribution is 5.90. The van der Waals surface area contributed by atoms with Crippen molar-refractivity contribution in [1.82, 2.24) is 25.1 Å². The van der Waals surface area contributed by atoms with Crippen LogP contribution >= 0.6 is 0 Å². The molecule has 0 saturated heterocycles. The van der Waals surface area contributed by atoms with E-state index in [0.29, 0.717) is 13.0 Å². The number of nitrogens with one attached hydrogen (secondary N) is 2. The summed E-state index contributed by atoms with van der Waals surface area (Å²) in [5, 5.41) is 8.68. The van der Waals surface area contributed by atoms with Gasteiger partial charge in [-0.1, -0.05) is 66.7 Å². The fourth-order valence-corrected chi connectivity index (χ4v) is 3.84. The molecule has 0 saturated carbocycles. The van der Waals surface area contributed by atoms with Crippen molar-refractivity contribution < 1.29 is 4.79 Å². The van der Waals surface area contributed by atoms with E-state index < -0.39 is 0 Å². The van der Waals surface area contributed by atoms with Gasteiger partial charge < -0.3 is 10.3 Å². The summed E-state index contributed by atoms with van der Waals surface area (Å²) in [6.07, 6.45) is 3.31. The van der Waals surface area contributed by atoms with Gasteiger partial charge in [0.05, 0.1) is 5.69 Å². The number of amides is 1. The highest BCUT2D eigenvalue weighted by atomic mass is 16.2. The fourth-order valence-electron chi connectivity index (χ4n) is 3.84. The van der Waals surface area contributed by atoms with Crippen LogP contribution in [-0.4, -0.2) is 32.2 Å². The number of aromatic nitrogens is 4. The summed E-state index contributed by atoms with van der Waals surface area (Å²) in [7, 11) is 0. The molecule has 0 aliphatic heterocycles. The zero-order chi connectivity index (χ0) is 21.8. The van der Waals surface area contributed by atoms with Gasteiger partial charge in [-0.15, -0.1) is 5.10 Å². The lowest BCUT2D eigenvalue weighted by Gasteiger charge is -2.05. The molecule has 0 radical (unpaired) electrons. The van der Waals surface area contributed by atoms with E-state index in [-0.39, 0.29) is 11.7 Å². The molecular weight excluding hydrogens is 398 g/mol. The molecule has 5 rings (SSSR count). The number of hydrogen-bond donors (Lipinski definition) is 2. The lowest BCUT2D eigenvalue weighted by Crippen LogP contribution is -2.26. The molecule has 2 N–H and O–H groups in total. The quantitative estimate of drug-likeness (QED) is 0.411. The van der Waals surface area contributed by atoms with Crippen molar-refractivity contribution in [2.24, 2.45) is 0 Å². The highest BCUT2D eigenvalue weighted by Gasteiger charge is 2.17. The predicted octanol–water partition coefficient (Wildman–Crippen LogP) is 4.31. The van der Waals surface area contributed by atoms with E-state index in [2.05, 4.69) is 26.4 Å².